The number of carbonyl (C=O) groups is 2. The predicted molar refractivity (Wildman–Crippen MR) is 269 cm³/mol. The Morgan fingerprint density at radius 1 is 0.778 bits per heavy atom. The molecule has 1 atom stereocenters. The molecular formula is C57H85N3O3. The lowest BCUT2D eigenvalue weighted by Crippen LogP contribution is -2.49. The number of aryl methyl sites for hydroxylation is 1. The summed E-state index contributed by atoms with van der Waals surface area (Å²) in [6.45, 7) is 21.7. The number of nitrogens with zero attached hydrogens (tertiary/aromatic N) is 2. The summed E-state index contributed by atoms with van der Waals surface area (Å²) in [5.74, 6) is -0.704. The van der Waals surface area contributed by atoms with Gasteiger partial charge in [-0.05, 0) is 93.0 Å². The third-order valence-corrected chi connectivity index (χ3v) is 13.6. The van der Waals surface area contributed by atoms with Gasteiger partial charge in [-0.15, -0.1) is 0 Å². The molecule has 6 heteroatoms. The molecule has 2 aliphatic rings. The van der Waals surface area contributed by atoms with Gasteiger partial charge in [0.2, 0.25) is 5.91 Å². The summed E-state index contributed by atoms with van der Waals surface area (Å²) < 4.78 is 5.79. The molecule has 346 valence electrons. The van der Waals surface area contributed by atoms with Crippen molar-refractivity contribution in [2.45, 2.75) is 189 Å². The van der Waals surface area contributed by atoms with Gasteiger partial charge in [0.25, 0.3) is 0 Å². The van der Waals surface area contributed by atoms with Crippen LogP contribution in [0.25, 0.3) is 0 Å². The highest BCUT2D eigenvalue weighted by Crippen LogP contribution is 2.48. The fourth-order valence-corrected chi connectivity index (χ4v) is 9.92. The minimum absolute atomic E-state index is 0.208. The SMILES string of the molecule is CCCCCCCCCCCCCCCCCCNC(=O)C1(C(=O)OCC)CC(/C=C/C(=NCC)C(C)(C)c2ccccc2C)=CC(=C/C=C2/N(CC)c3ccccc3C2(C)C)/C1. The van der Waals surface area contributed by atoms with Gasteiger partial charge in [0.1, 0.15) is 0 Å². The van der Waals surface area contributed by atoms with Gasteiger partial charge in [0.15, 0.2) is 5.41 Å². The Kier molecular flexibility index (Phi) is 21.2. The molecule has 4 rings (SSSR count). The van der Waals surface area contributed by atoms with E-state index in [1.54, 1.807) is 0 Å². The molecule has 2 aromatic carbocycles. The number of esters is 1. The summed E-state index contributed by atoms with van der Waals surface area (Å²) in [5.41, 5.74) is 6.99. The van der Waals surface area contributed by atoms with Crippen molar-refractivity contribution in [1.82, 2.24) is 5.32 Å². The average Bonchev–Trinajstić information content (AvgIpc) is 3.49. The first-order valence-corrected chi connectivity index (χ1v) is 25.1. The number of rotatable bonds is 27. The van der Waals surface area contributed by atoms with Gasteiger partial charge in [-0.3, -0.25) is 14.6 Å². The van der Waals surface area contributed by atoms with E-state index >= 15 is 0 Å². The van der Waals surface area contributed by atoms with Crippen LogP contribution < -0.4 is 10.2 Å². The molecule has 1 amide bonds. The molecule has 0 radical (unpaired) electrons. The lowest BCUT2D eigenvalue weighted by Gasteiger charge is -2.34. The van der Waals surface area contributed by atoms with E-state index < -0.39 is 11.4 Å². The van der Waals surface area contributed by atoms with Gasteiger partial charge >= 0.3 is 5.97 Å². The van der Waals surface area contributed by atoms with E-state index in [1.807, 2.05) is 6.92 Å². The van der Waals surface area contributed by atoms with Crippen LogP contribution >= 0.6 is 0 Å². The molecule has 1 aliphatic carbocycles. The van der Waals surface area contributed by atoms with E-state index in [2.05, 4.69) is 145 Å². The van der Waals surface area contributed by atoms with Gasteiger partial charge in [0.05, 0.1) is 6.61 Å². The zero-order valence-electron chi connectivity index (χ0n) is 41.2. The maximum atomic E-state index is 14.6. The normalized spacial score (nSPS) is 18.9. The number of benzene rings is 2. The summed E-state index contributed by atoms with van der Waals surface area (Å²) in [6.07, 6.45) is 32.0. The number of unbranched alkanes of at least 4 members (excludes halogenated alkanes) is 15. The third-order valence-electron chi connectivity index (χ3n) is 13.6. The van der Waals surface area contributed by atoms with Gasteiger partial charge < -0.3 is 15.0 Å². The quantitative estimate of drug-likeness (QED) is 0.0420. The molecule has 0 saturated carbocycles. The number of ether oxygens (including phenoxy) is 1. The van der Waals surface area contributed by atoms with Crippen LogP contribution in [0.2, 0.25) is 0 Å². The number of hydrogen-bond acceptors (Lipinski definition) is 5. The second-order valence-electron chi connectivity index (χ2n) is 19.2. The third kappa shape index (κ3) is 14.1. The van der Waals surface area contributed by atoms with Gasteiger partial charge in [-0.1, -0.05) is 192 Å². The molecule has 1 unspecified atom stereocenters. The summed E-state index contributed by atoms with van der Waals surface area (Å²) >= 11 is 0. The van der Waals surface area contributed by atoms with Crippen LogP contribution in [-0.4, -0.2) is 43.8 Å². The topological polar surface area (TPSA) is 71.0 Å². The number of aliphatic imine (C=N–C) groups is 1. The van der Waals surface area contributed by atoms with E-state index in [0.29, 0.717) is 13.1 Å². The van der Waals surface area contributed by atoms with Crippen molar-refractivity contribution in [3.05, 3.63) is 112 Å². The zero-order valence-corrected chi connectivity index (χ0v) is 41.2. The molecule has 0 fully saturated rings. The van der Waals surface area contributed by atoms with Crippen LogP contribution in [0.1, 0.15) is 188 Å². The molecule has 0 bridgehead atoms. The maximum Gasteiger partial charge on any atom is 0.322 e. The van der Waals surface area contributed by atoms with Crippen molar-refractivity contribution in [2.75, 3.05) is 31.1 Å². The molecule has 0 aromatic heterocycles. The van der Waals surface area contributed by atoms with Crippen molar-refractivity contribution in [1.29, 1.82) is 0 Å². The number of likely N-dealkylation sites (N-methyl/N-ethyl adjacent to an activating group) is 1. The second kappa shape index (κ2) is 25.9. The van der Waals surface area contributed by atoms with Crippen molar-refractivity contribution >= 4 is 23.3 Å². The maximum absolute atomic E-state index is 14.6. The van der Waals surface area contributed by atoms with Crippen LogP contribution in [0, 0.1) is 12.3 Å². The number of allylic oxidation sites excluding steroid dienone is 8. The van der Waals surface area contributed by atoms with Crippen LogP contribution in [0.4, 0.5) is 5.69 Å². The first kappa shape index (κ1) is 51.4. The second-order valence-corrected chi connectivity index (χ2v) is 19.2. The van der Waals surface area contributed by atoms with Crippen LogP contribution in [0.5, 0.6) is 0 Å². The Hall–Kier alpha value is -4.19. The van der Waals surface area contributed by atoms with Crippen molar-refractivity contribution in [3.8, 4) is 0 Å². The summed E-state index contributed by atoms with van der Waals surface area (Å²) in [6, 6.07) is 17.1. The summed E-state index contributed by atoms with van der Waals surface area (Å²) in [7, 11) is 0. The highest BCUT2D eigenvalue weighted by Gasteiger charge is 2.49. The fraction of sp³-hybridized carbons (Fsp3) is 0.596. The van der Waals surface area contributed by atoms with E-state index in [0.717, 1.165) is 36.2 Å². The number of nitrogens with one attached hydrogen (secondary N) is 1. The predicted octanol–water partition coefficient (Wildman–Crippen LogP) is 14.6. The molecule has 0 saturated heterocycles. The van der Waals surface area contributed by atoms with Crippen molar-refractivity contribution in [2.24, 2.45) is 10.4 Å². The van der Waals surface area contributed by atoms with Gasteiger partial charge in [-0.25, -0.2) is 0 Å². The van der Waals surface area contributed by atoms with E-state index in [4.69, 9.17) is 9.73 Å². The highest BCUT2D eigenvalue weighted by atomic mass is 16.5. The molecule has 0 spiro atoms. The van der Waals surface area contributed by atoms with E-state index in [9.17, 15) is 9.59 Å². The lowest BCUT2D eigenvalue weighted by atomic mass is 9.70. The Morgan fingerprint density at radius 3 is 1.95 bits per heavy atom. The number of carbonyl (C=O) groups excluding carboxylic acids is 2. The van der Waals surface area contributed by atoms with E-state index in [1.165, 1.54) is 118 Å². The number of para-hydroxylation sites is 1. The molecule has 2 aromatic rings. The Bertz CT molecular complexity index is 1910. The fourth-order valence-electron chi connectivity index (χ4n) is 9.92. The van der Waals surface area contributed by atoms with Crippen LogP contribution in [0.3, 0.4) is 0 Å². The van der Waals surface area contributed by atoms with Crippen LogP contribution in [0.15, 0.2) is 101 Å². The van der Waals surface area contributed by atoms with Gasteiger partial charge in [-0.2, -0.15) is 0 Å². The van der Waals surface area contributed by atoms with Gasteiger partial charge in [0, 0.05) is 47.6 Å². The summed E-state index contributed by atoms with van der Waals surface area (Å²) in [5, 5.41) is 3.23. The molecule has 63 heavy (non-hydrogen) atoms. The van der Waals surface area contributed by atoms with Crippen LogP contribution in [-0.2, 0) is 25.2 Å². The average molecular weight is 860 g/mol. The Morgan fingerprint density at radius 2 is 1.37 bits per heavy atom. The smallest absolute Gasteiger partial charge is 0.322 e. The number of amides is 1. The molecule has 1 N–H and O–H groups in total. The highest BCUT2D eigenvalue weighted by molar-refractivity contribution is 6.05. The summed E-state index contributed by atoms with van der Waals surface area (Å²) in [4.78, 5) is 36.2. The molecule has 6 nitrogen and oxygen atoms in total. The number of fused-ring (bicyclic) bond motifs is 1. The standard InChI is InChI=1S/C57H85N3O3/c1-10-14-15-16-17-18-19-20-21-22-23-24-25-26-27-32-41-59-53(61)57(54(62)63-13-4)43-46(37-39-51(58-11-2)55(6,7)48-34-29-28-33-45(48)5)42-47(44-57)38-40-52-56(8,9)49-35-30-31-36-50(49)60(52)12-3/h28-31,33-40,42H,10-27,32,41,43-44H2,1-9H3,(H,59,61)/b39-37+,47-38-,52-40+,58-51?. The van der Waals surface area contributed by atoms with Crippen molar-refractivity contribution < 1.29 is 14.3 Å². The van der Waals surface area contributed by atoms with Crippen molar-refractivity contribution in [3.63, 3.8) is 0 Å². The first-order chi connectivity index (χ1) is 30.4. The van der Waals surface area contributed by atoms with E-state index in [-0.39, 0.29) is 36.2 Å². The monoisotopic (exact) mass is 860 g/mol. The minimum atomic E-state index is -1.39. The Balaban J connectivity index is 1.51. The number of hydrogen-bond donors (Lipinski definition) is 1. The Labute approximate surface area is 384 Å². The molecular weight excluding hydrogens is 775 g/mol. The molecule has 1 aliphatic heterocycles. The minimum Gasteiger partial charge on any atom is -0.465 e. The number of anilines is 1. The first-order valence-electron chi connectivity index (χ1n) is 25.1. The largest absolute Gasteiger partial charge is 0.465 e. The lowest BCUT2D eigenvalue weighted by molar-refractivity contribution is -0.161. The molecule has 1 heterocycles. The zero-order chi connectivity index (χ0) is 45.7.